The van der Waals surface area contributed by atoms with Gasteiger partial charge in [0.15, 0.2) is 0 Å². The van der Waals surface area contributed by atoms with Crippen molar-refractivity contribution in [3.8, 4) is 0 Å². The predicted octanol–water partition coefficient (Wildman–Crippen LogP) is 2.72. The van der Waals surface area contributed by atoms with E-state index >= 15 is 0 Å². The number of anilines is 1. The van der Waals surface area contributed by atoms with E-state index in [1.165, 1.54) is 0 Å². The molecule has 0 amide bonds. The highest BCUT2D eigenvalue weighted by molar-refractivity contribution is 9.10. The van der Waals surface area contributed by atoms with Crippen LogP contribution in [0.25, 0.3) is 0 Å². The van der Waals surface area contributed by atoms with Crippen molar-refractivity contribution in [2.75, 3.05) is 11.9 Å². The summed E-state index contributed by atoms with van der Waals surface area (Å²) in [6.07, 6.45) is 1.57. The van der Waals surface area contributed by atoms with Crippen molar-refractivity contribution in [1.29, 1.82) is 0 Å². The van der Waals surface area contributed by atoms with E-state index in [4.69, 9.17) is 10.2 Å². The van der Waals surface area contributed by atoms with Crippen molar-refractivity contribution in [3.05, 3.63) is 28.2 Å². The van der Waals surface area contributed by atoms with Crippen LogP contribution in [0.4, 0.5) is 5.69 Å². The normalized spacial score (nSPS) is 12.2. The van der Waals surface area contributed by atoms with Gasteiger partial charge in [0.25, 0.3) is 0 Å². The van der Waals surface area contributed by atoms with E-state index in [1.54, 1.807) is 18.2 Å². The summed E-state index contributed by atoms with van der Waals surface area (Å²) in [4.78, 5) is 10.8. The van der Waals surface area contributed by atoms with Crippen LogP contribution in [0.1, 0.15) is 30.1 Å². The molecule has 0 bridgehead atoms. The number of hydrogen-bond donors (Lipinski definition) is 3. The lowest BCUT2D eigenvalue weighted by Gasteiger charge is -2.18. The summed E-state index contributed by atoms with van der Waals surface area (Å²) in [5.74, 6) is -0.945. The number of hydrogen-bond acceptors (Lipinski definition) is 3. The number of benzene rings is 1. The summed E-state index contributed by atoms with van der Waals surface area (Å²) < 4.78 is 0.716. The third-order valence-electron chi connectivity index (χ3n) is 2.55. The zero-order valence-corrected chi connectivity index (χ0v) is 11.2. The number of rotatable bonds is 6. The molecule has 4 nitrogen and oxygen atoms in total. The van der Waals surface area contributed by atoms with Crippen LogP contribution >= 0.6 is 15.9 Å². The topological polar surface area (TPSA) is 69.6 Å². The van der Waals surface area contributed by atoms with Crippen LogP contribution in [0.3, 0.4) is 0 Å². The Morgan fingerprint density at radius 3 is 2.71 bits per heavy atom. The lowest BCUT2D eigenvalue weighted by molar-refractivity contribution is 0.0697. The zero-order chi connectivity index (χ0) is 12.8. The van der Waals surface area contributed by atoms with Crippen LogP contribution in [0.15, 0.2) is 22.7 Å². The highest BCUT2D eigenvalue weighted by atomic mass is 79.9. The minimum absolute atomic E-state index is 0.135. The molecule has 0 aliphatic rings. The molecular formula is C12H16BrNO3. The van der Waals surface area contributed by atoms with Crippen molar-refractivity contribution < 1.29 is 15.0 Å². The van der Waals surface area contributed by atoms with E-state index in [2.05, 4.69) is 21.2 Å². The first-order chi connectivity index (χ1) is 8.08. The molecule has 5 heteroatoms. The molecule has 3 N–H and O–H groups in total. The maximum Gasteiger partial charge on any atom is 0.335 e. The molecular weight excluding hydrogens is 286 g/mol. The summed E-state index contributed by atoms with van der Waals surface area (Å²) >= 11 is 3.34. The third kappa shape index (κ3) is 4.02. The fraction of sp³-hybridized carbons (Fsp3) is 0.417. The van der Waals surface area contributed by atoms with E-state index in [0.717, 1.165) is 12.1 Å². The van der Waals surface area contributed by atoms with Gasteiger partial charge in [-0.15, -0.1) is 0 Å². The summed E-state index contributed by atoms with van der Waals surface area (Å²) in [7, 11) is 0. The molecule has 0 saturated carbocycles. The molecule has 0 radical (unpaired) electrons. The first kappa shape index (κ1) is 14.0. The van der Waals surface area contributed by atoms with E-state index in [0.29, 0.717) is 10.9 Å². The second-order valence-corrected chi connectivity index (χ2v) is 4.62. The van der Waals surface area contributed by atoms with Crippen LogP contribution in [-0.2, 0) is 0 Å². The second-order valence-electron chi connectivity index (χ2n) is 3.76. The Balaban J connectivity index is 2.81. The number of aromatic carboxylic acids is 1. The lowest BCUT2D eigenvalue weighted by atomic mass is 10.1. The van der Waals surface area contributed by atoms with Crippen molar-refractivity contribution in [1.82, 2.24) is 0 Å². The Kier molecular flexibility index (Phi) is 5.44. The Labute approximate surface area is 109 Å². The van der Waals surface area contributed by atoms with Gasteiger partial charge >= 0.3 is 5.97 Å². The second kappa shape index (κ2) is 6.61. The minimum Gasteiger partial charge on any atom is -0.478 e. The standard InChI is InChI=1S/C12H16BrNO3/c1-2-9(5-6-15)14-11-4-3-8(12(16)17)7-10(11)13/h3-4,7,9,14-15H,2,5-6H2,1H3,(H,16,17). The molecule has 0 aliphatic carbocycles. The molecule has 0 aromatic heterocycles. The van der Waals surface area contributed by atoms with Crippen molar-refractivity contribution in [3.63, 3.8) is 0 Å². The van der Waals surface area contributed by atoms with Crippen LogP contribution in [0.5, 0.6) is 0 Å². The highest BCUT2D eigenvalue weighted by Gasteiger charge is 2.10. The maximum absolute atomic E-state index is 10.8. The van der Waals surface area contributed by atoms with Gasteiger partial charge in [0.1, 0.15) is 0 Å². The van der Waals surface area contributed by atoms with Gasteiger partial charge in [0.05, 0.1) is 5.56 Å². The molecule has 0 fully saturated rings. The van der Waals surface area contributed by atoms with E-state index in [1.807, 2.05) is 6.92 Å². The average Bonchev–Trinajstić information content (AvgIpc) is 2.30. The Morgan fingerprint density at radius 2 is 2.24 bits per heavy atom. The average molecular weight is 302 g/mol. The van der Waals surface area contributed by atoms with E-state index in [-0.39, 0.29) is 18.2 Å². The molecule has 0 saturated heterocycles. The number of halogens is 1. The summed E-state index contributed by atoms with van der Waals surface area (Å²) in [5.41, 5.74) is 1.09. The first-order valence-corrected chi connectivity index (χ1v) is 6.28. The molecule has 1 aromatic carbocycles. The molecule has 1 aromatic rings. The van der Waals surface area contributed by atoms with Gasteiger partial charge in [-0.3, -0.25) is 0 Å². The predicted molar refractivity (Wildman–Crippen MR) is 70.5 cm³/mol. The van der Waals surface area contributed by atoms with E-state index < -0.39 is 5.97 Å². The number of nitrogens with one attached hydrogen (secondary N) is 1. The minimum atomic E-state index is -0.945. The fourth-order valence-electron chi connectivity index (χ4n) is 1.52. The molecule has 0 heterocycles. The quantitative estimate of drug-likeness (QED) is 0.755. The Bertz CT molecular complexity index is 395. The molecule has 1 atom stereocenters. The number of carbonyl (C=O) groups is 1. The zero-order valence-electron chi connectivity index (χ0n) is 9.61. The van der Waals surface area contributed by atoms with Crippen LogP contribution in [-0.4, -0.2) is 28.8 Å². The van der Waals surface area contributed by atoms with E-state index in [9.17, 15) is 4.79 Å². The number of carboxylic acids is 1. The smallest absolute Gasteiger partial charge is 0.335 e. The molecule has 0 spiro atoms. The molecule has 17 heavy (non-hydrogen) atoms. The van der Waals surface area contributed by atoms with Gasteiger partial charge in [-0.25, -0.2) is 4.79 Å². The summed E-state index contributed by atoms with van der Waals surface area (Å²) in [6.45, 7) is 2.17. The number of aliphatic hydroxyl groups excluding tert-OH is 1. The summed E-state index contributed by atoms with van der Waals surface area (Å²) in [5, 5.41) is 21.0. The number of carboxylic acid groups (broad SMARTS) is 1. The Hall–Kier alpha value is -1.07. The molecule has 1 unspecified atom stereocenters. The Morgan fingerprint density at radius 1 is 1.53 bits per heavy atom. The van der Waals surface area contributed by atoms with Gasteiger partial charge in [0.2, 0.25) is 0 Å². The molecule has 94 valence electrons. The maximum atomic E-state index is 10.8. The lowest BCUT2D eigenvalue weighted by Crippen LogP contribution is -2.20. The van der Waals surface area contributed by atoms with Crippen LogP contribution in [0.2, 0.25) is 0 Å². The molecule has 1 rings (SSSR count). The van der Waals surface area contributed by atoms with Crippen molar-refractivity contribution >= 4 is 27.6 Å². The summed E-state index contributed by atoms with van der Waals surface area (Å²) in [6, 6.07) is 5.04. The molecule has 0 aliphatic heterocycles. The largest absolute Gasteiger partial charge is 0.478 e. The number of aliphatic hydroxyl groups is 1. The highest BCUT2D eigenvalue weighted by Crippen LogP contribution is 2.25. The van der Waals surface area contributed by atoms with Gasteiger partial charge < -0.3 is 15.5 Å². The third-order valence-corrected chi connectivity index (χ3v) is 3.20. The SMILES string of the molecule is CCC(CCO)Nc1ccc(C(=O)O)cc1Br. The van der Waals surface area contributed by atoms with Crippen molar-refractivity contribution in [2.45, 2.75) is 25.8 Å². The van der Waals surface area contributed by atoms with Gasteiger partial charge in [-0.1, -0.05) is 6.92 Å². The first-order valence-electron chi connectivity index (χ1n) is 5.48. The monoisotopic (exact) mass is 301 g/mol. The van der Waals surface area contributed by atoms with Crippen LogP contribution in [0, 0.1) is 0 Å². The van der Waals surface area contributed by atoms with Crippen molar-refractivity contribution in [2.24, 2.45) is 0 Å². The fourth-order valence-corrected chi connectivity index (χ4v) is 2.01. The van der Waals surface area contributed by atoms with Gasteiger partial charge in [-0.05, 0) is 47.0 Å². The van der Waals surface area contributed by atoms with Gasteiger partial charge in [-0.2, -0.15) is 0 Å². The van der Waals surface area contributed by atoms with Crippen LogP contribution < -0.4 is 5.32 Å². The van der Waals surface area contributed by atoms with Gasteiger partial charge in [0, 0.05) is 22.8 Å².